The van der Waals surface area contributed by atoms with E-state index in [9.17, 15) is 42.0 Å². The Morgan fingerprint density at radius 3 is 2.52 bits per heavy atom. The quantitative estimate of drug-likeness (QED) is 0.132. The number of rotatable bonds is 13. The van der Waals surface area contributed by atoms with Crippen LogP contribution in [0.25, 0.3) is 0 Å². The van der Waals surface area contributed by atoms with Gasteiger partial charge in [0.2, 0.25) is 11.8 Å². The number of nitrogens with zero attached hydrogens (tertiary/aromatic N) is 6. The first-order valence-corrected chi connectivity index (χ1v) is 20.5. The third-order valence-corrected chi connectivity index (χ3v) is 12.3. The molecule has 60 heavy (non-hydrogen) atoms. The van der Waals surface area contributed by atoms with E-state index >= 15 is 0 Å². The number of nitrogens with one attached hydrogen (secondary N) is 1. The molecule has 1 saturated carbocycles. The number of aromatic nitrogens is 1. The molecule has 3 amide bonds. The van der Waals surface area contributed by atoms with Gasteiger partial charge in [-0.25, -0.2) is 9.37 Å². The summed E-state index contributed by atoms with van der Waals surface area (Å²) in [5.74, 6) is -1.36. The highest BCUT2D eigenvalue weighted by Gasteiger charge is 2.60. The minimum Gasteiger partial charge on any atom is -0.492 e. The Hall–Kier alpha value is -5.31. The van der Waals surface area contributed by atoms with Crippen molar-refractivity contribution < 1.29 is 41.5 Å². The van der Waals surface area contributed by atoms with Crippen LogP contribution in [0.4, 0.5) is 28.9 Å². The van der Waals surface area contributed by atoms with Crippen LogP contribution in [0.2, 0.25) is 0 Å². The number of hydrogen-bond acceptors (Lipinski definition) is 10. The Morgan fingerprint density at radius 1 is 1.08 bits per heavy atom. The van der Waals surface area contributed by atoms with Gasteiger partial charge in [0.25, 0.3) is 5.91 Å². The number of piperidine rings is 1. The second-order valence-electron chi connectivity index (χ2n) is 16.0. The lowest BCUT2D eigenvalue weighted by Gasteiger charge is -2.43. The summed E-state index contributed by atoms with van der Waals surface area (Å²) >= 11 is 5.78. The van der Waals surface area contributed by atoms with Gasteiger partial charge in [-0.3, -0.25) is 39.2 Å². The fourth-order valence-electron chi connectivity index (χ4n) is 8.67. The van der Waals surface area contributed by atoms with E-state index in [1.807, 2.05) is 19.1 Å². The minimum atomic E-state index is -4.85. The second-order valence-corrected chi connectivity index (χ2v) is 16.4. The molecular weight excluding hydrogens is 803 g/mol. The first-order chi connectivity index (χ1) is 28.6. The summed E-state index contributed by atoms with van der Waals surface area (Å²) in [6.45, 7) is 7.38. The highest BCUT2D eigenvalue weighted by molar-refractivity contribution is 7.81. The van der Waals surface area contributed by atoms with Crippen LogP contribution in [0.3, 0.4) is 0 Å². The fourth-order valence-corrected chi connectivity index (χ4v) is 9.14. The number of halogens is 4. The second kappa shape index (κ2) is 17.3. The fraction of sp³-hybridized carbons (Fsp3) is 0.465. The lowest BCUT2D eigenvalue weighted by atomic mass is 9.75. The van der Waals surface area contributed by atoms with Gasteiger partial charge < -0.3 is 9.64 Å². The number of amides is 3. The molecule has 1 aromatic heterocycles. The Balaban J connectivity index is 0.931. The number of benzene rings is 2. The van der Waals surface area contributed by atoms with Gasteiger partial charge in [-0.1, -0.05) is 13.0 Å². The molecule has 3 aliphatic heterocycles. The van der Waals surface area contributed by atoms with Gasteiger partial charge in [0.15, 0.2) is 16.6 Å². The molecular formula is C43H45F4N7O5S. The number of ether oxygens (including phenoxy) is 1. The van der Waals surface area contributed by atoms with Crippen molar-refractivity contribution in [3.05, 3.63) is 82.4 Å². The maximum atomic E-state index is 14.5. The van der Waals surface area contributed by atoms with Crippen molar-refractivity contribution in [1.29, 1.82) is 5.26 Å². The van der Waals surface area contributed by atoms with E-state index in [1.165, 1.54) is 18.2 Å². The van der Waals surface area contributed by atoms with Gasteiger partial charge in [-0.05, 0) is 111 Å². The van der Waals surface area contributed by atoms with E-state index in [2.05, 4.69) is 27.0 Å². The number of piperazine rings is 1. The topological polar surface area (TPSA) is 139 Å². The highest BCUT2D eigenvalue weighted by Crippen LogP contribution is 2.49. The SMILES string of the molecule is CCc1cc(N2C(=S)N(c3cnc(C#N)c(C(F)(F)F)c3)C(=O)C23CCC3)ccc1OCCN1CCN(CC(=O)Cc2cc(F)cc(CC3CCC(=O)NC3=O)c2)[C@H](C)C1. The molecule has 0 bridgehead atoms. The maximum absolute atomic E-state index is 14.5. The number of ketones is 1. The molecule has 4 heterocycles. The molecule has 1 aliphatic carbocycles. The Labute approximate surface area is 350 Å². The number of Topliss-reactive ketones (excluding diaryl/α,β-unsaturated/α-hetero) is 1. The van der Waals surface area contributed by atoms with E-state index in [0.717, 1.165) is 35.7 Å². The minimum absolute atomic E-state index is 0.0372. The van der Waals surface area contributed by atoms with E-state index in [4.69, 9.17) is 17.0 Å². The Bertz CT molecular complexity index is 2260. The molecule has 7 rings (SSSR count). The summed E-state index contributed by atoms with van der Waals surface area (Å²) in [5, 5.41) is 11.6. The maximum Gasteiger partial charge on any atom is 0.419 e. The third-order valence-electron chi connectivity index (χ3n) is 12.0. The van der Waals surface area contributed by atoms with Crippen molar-refractivity contribution in [3.63, 3.8) is 0 Å². The van der Waals surface area contributed by atoms with Crippen LogP contribution in [0.1, 0.15) is 73.9 Å². The highest BCUT2D eigenvalue weighted by atomic mass is 32.1. The molecule has 3 saturated heterocycles. The summed E-state index contributed by atoms with van der Waals surface area (Å²) < 4.78 is 62.2. The molecule has 3 aromatic rings. The lowest BCUT2D eigenvalue weighted by Crippen LogP contribution is -2.55. The molecule has 2 aromatic carbocycles. The number of thiocarbonyl (C=S) groups is 1. The smallest absolute Gasteiger partial charge is 0.419 e. The molecule has 2 atom stereocenters. The van der Waals surface area contributed by atoms with Crippen LogP contribution in [0, 0.1) is 23.1 Å². The predicted octanol–water partition coefficient (Wildman–Crippen LogP) is 5.53. The number of anilines is 2. The molecule has 1 spiro atoms. The number of pyridine rings is 1. The Morgan fingerprint density at radius 2 is 1.85 bits per heavy atom. The van der Waals surface area contributed by atoms with Crippen LogP contribution in [0.5, 0.6) is 5.75 Å². The molecule has 4 aliphatic rings. The van der Waals surface area contributed by atoms with Gasteiger partial charge in [0.1, 0.15) is 29.8 Å². The number of nitriles is 1. The molecule has 1 N–H and O–H groups in total. The molecule has 17 heteroatoms. The number of hydrogen-bond donors (Lipinski definition) is 1. The average Bonchev–Trinajstić information content (AvgIpc) is 3.42. The standard InChI is InChI=1S/C43H45F4N7O5S/c1-3-29-20-32(54-41(60)53(40(58)42(54)9-4-10-42)33-21-35(43(45,46)47)36(22-48)49-23-33)6-7-37(29)59-14-13-51-11-12-52(26(2)24-51)25-34(55)19-28-15-27(17-31(44)18-28)16-30-5-8-38(56)50-39(30)57/h6-7,15,17-18,20-21,23,26,30H,3-5,8-14,16,19,24-25H2,1-2H3,(H,50,56,57)/t26-,30?/m1/s1. The van der Waals surface area contributed by atoms with Crippen LogP contribution >= 0.6 is 12.2 Å². The average molecular weight is 848 g/mol. The van der Waals surface area contributed by atoms with Crippen LogP contribution in [-0.4, -0.2) is 94.3 Å². The summed E-state index contributed by atoms with van der Waals surface area (Å²) in [4.78, 5) is 61.8. The number of alkyl halides is 3. The van der Waals surface area contributed by atoms with E-state index in [1.54, 1.807) is 17.0 Å². The van der Waals surface area contributed by atoms with Gasteiger partial charge in [0, 0.05) is 56.7 Å². The zero-order chi connectivity index (χ0) is 42.9. The van der Waals surface area contributed by atoms with Gasteiger partial charge in [-0.2, -0.15) is 18.4 Å². The Kier molecular flexibility index (Phi) is 12.4. The van der Waals surface area contributed by atoms with Gasteiger partial charge in [-0.15, -0.1) is 0 Å². The van der Waals surface area contributed by atoms with Crippen LogP contribution in [0.15, 0.2) is 48.7 Å². The van der Waals surface area contributed by atoms with Crippen molar-refractivity contribution in [2.45, 2.75) is 83.0 Å². The number of carbonyl (C=O) groups is 4. The third kappa shape index (κ3) is 8.77. The molecule has 316 valence electrons. The summed E-state index contributed by atoms with van der Waals surface area (Å²) in [5.41, 5.74) is -0.546. The van der Waals surface area contributed by atoms with Gasteiger partial charge >= 0.3 is 6.18 Å². The lowest BCUT2D eigenvalue weighted by molar-refractivity contribution is -0.138. The predicted molar refractivity (Wildman–Crippen MR) is 217 cm³/mol. The van der Waals surface area contributed by atoms with E-state index < -0.39 is 40.6 Å². The van der Waals surface area contributed by atoms with Crippen molar-refractivity contribution in [1.82, 2.24) is 20.1 Å². The molecule has 4 fully saturated rings. The monoisotopic (exact) mass is 847 g/mol. The van der Waals surface area contributed by atoms with Crippen LogP contribution in [-0.2, 0) is 44.6 Å². The first-order valence-electron chi connectivity index (χ1n) is 20.1. The zero-order valence-corrected chi connectivity index (χ0v) is 34.1. The van der Waals surface area contributed by atoms with Crippen LogP contribution < -0.4 is 19.9 Å². The molecule has 0 radical (unpaired) electrons. The van der Waals surface area contributed by atoms with Gasteiger partial charge in [0.05, 0.1) is 24.0 Å². The van der Waals surface area contributed by atoms with Crippen molar-refractivity contribution in [2.75, 3.05) is 49.1 Å². The largest absolute Gasteiger partial charge is 0.492 e. The number of carbonyl (C=O) groups excluding carboxylic acids is 4. The van der Waals surface area contributed by atoms with E-state index in [-0.39, 0.29) is 53.8 Å². The molecule has 1 unspecified atom stereocenters. The number of aryl methyl sites for hydroxylation is 1. The zero-order valence-electron chi connectivity index (χ0n) is 33.3. The summed E-state index contributed by atoms with van der Waals surface area (Å²) in [6, 6.07) is 12.3. The van der Waals surface area contributed by atoms with E-state index in [0.29, 0.717) is 80.9 Å². The normalized spacial score (nSPS) is 20.9. The first kappa shape index (κ1) is 42.8. The number of imide groups is 1. The van der Waals surface area contributed by atoms with Crippen molar-refractivity contribution in [2.24, 2.45) is 5.92 Å². The molecule has 12 nitrogen and oxygen atoms in total. The van der Waals surface area contributed by atoms with Crippen molar-refractivity contribution >= 4 is 52.2 Å². The summed E-state index contributed by atoms with van der Waals surface area (Å²) in [7, 11) is 0. The summed E-state index contributed by atoms with van der Waals surface area (Å²) in [6.07, 6.45) is -0.482. The van der Waals surface area contributed by atoms with Crippen molar-refractivity contribution in [3.8, 4) is 11.8 Å².